The van der Waals surface area contributed by atoms with Gasteiger partial charge in [-0.25, -0.2) is 0 Å². The van der Waals surface area contributed by atoms with Crippen LogP contribution >= 0.6 is 0 Å². The highest BCUT2D eigenvalue weighted by Gasteiger charge is 2.57. The van der Waals surface area contributed by atoms with Gasteiger partial charge in [0.2, 0.25) is 11.8 Å². The van der Waals surface area contributed by atoms with Gasteiger partial charge in [0.25, 0.3) is 0 Å². The molecule has 236 valence electrons. The molecular formula is C38H31NO8. The summed E-state index contributed by atoms with van der Waals surface area (Å²) in [6.45, 7) is 1.58. The van der Waals surface area contributed by atoms with Crippen molar-refractivity contribution in [2.24, 2.45) is 17.8 Å². The molecule has 0 bridgehead atoms. The summed E-state index contributed by atoms with van der Waals surface area (Å²) in [7, 11) is 2.89. The molecular weight excluding hydrogens is 598 g/mol. The number of carbonyl (C=O) groups is 5. The number of aromatic hydroxyl groups is 1. The number of carbonyl (C=O) groups excluding carboxylic acids is 5. The van der Waals surface area contributed by atoms with Crippen LogP contribution < -0.4 is 14.4 Å². The Balaban J connectivity index is 1.29. The molecule has 1 saturated heterocycles. The number of anilines is 1. The van der Waals surface area contributed by atoms with Gasteiger partial charge in [0.15, 0.2) is 17.3 Å². The van der Waals surface area contributed by atoms with Crippen LogP contribution in [-0.4, -0.2) is 48.5 Å². The third-order valence-corrected chi connectivity index (χ3v) is 9.82. The zero-order valence-corrected chi connectivity index (χ0v) is 26.0. The highest BCUT2D eigenvalue weighted by molar-refractivity contribution is 6.25. The average molecular weight is 630 g/mol. The van der Waals surface area contributed by atoms with Crippen molar-refractivity contribution in [1.29, 1.82) is 0 Å². The van der Waals surface area contributed by atoms with Crippen molar-refractivity contribution in [1.82, 2.24) is 0 Å². The molecule has 0 saturated carbocycles. The number of allylic oxidation sites excluding steroid dienone is 6. The third-order valence-electron chi connectivity index (χ3n) is 9.82. The van der Waals surface area contributed by atoms with E-state index in [-0.39, 0.29) is 64.3 Å². The van der Waals surface area contributed by atoms with Crippen LogP contribution in [0.25, 0.3) is 0 Å². The Morgan fingerprint density at radius 3 is 2.26 bits per heavy atom. The molecule has 4 unspecified atom stereocenters. The molecule has 1 fully saturated rings. The summed E-state index contributed by atoms with van der Waals surface area (Å²) in [4.78, 5) is 69.5. The number of nitrogens with zero attached hydrogens (tertiary/aromatic N) is 1. The number of benzene rings is 3. The smallest absolute Gasteiger partial charge is 0.238 e. The van der Waals surface area contributed by atoms with Gasteiger partial charge in [0, 0.05) is 51.5 Å². The minimum Gasteiger partial charge on any atom is -0.507 e. The van der Waals surface area contributed by atoms with E-state index in [1.807, 2.05) is 12.1 Å². The lowest BCUT2D eigenvalue weighted by molar-refractivity contribution is -0.123. The molecule has 3 aromatic rings. The molecule has 47 heavy (non-hydrogen) atoms. The normalized spacial score (nSPS) is 23.5. The van der Waals surface area contributed by atoms with E-state index in [2.05, 4.69) is 0 Å². The molecule has 3 aromatic carbocycles. The van der Waals surface area contributed by atoms with E-state index < -0.39 is 29.6 Å². The topological polar surface area (TPSA) is 127 Å². The Hall–Kier alpha value is -5.57. The number of ether oxygens (including phenoxy) is 2. The summed E-state index contributed by atoms with van der Waals surface area (Å²) in [5.41, 5.74) is 3.09. The number of amides is 2. The van der Waals surface area contributed by atoms with Crippen LogP contribution in [0, 0.1) is 17.8 Å². The predicted octanol–water partition coefficient (Wildman–Crippen LogP) is 5.27. The molecule has 1 N–H and O–H groups in total. The van der Waals surface area contributed by atoms with E-state index in [1.54, 1.807) is 61.5 Å². The Labute approximate surface area is 270 Å². The fourth-order valence-electron chi connectivity index (χ4n) is 7.65. The molecule has 9 heteroatoms. The molecule has 7 rings (SSSR count). The minimum atomic E-state index is -0.883. The quantitative estimate of drug-likeness (QED) is 0.169. The molecule has 2 amide bonds. The maximum atomic E-state index is 14.3. The summed E-state index contributed by atoms with van der Waals surface area (Å²) >= 11 is 0. The molecule has 9 nitrogen and oxygen atoms in total. The van der Waals surface area contributed by atoms with Crippen molar-refractivity contribution in [2.75, 3.05) is 19.1 Å². The predicted molar refractivity (Wildman–Crippen MR) is 171 cm³/mol. The van der Waals surface area contributed by atoms with Gasteiger partial charge in [0.05, 0.1) is 31.7 Å². The number of phenolic OH excluding ortho intramolecular Hbond substituents is 1. The van der Waals surface area contributed by atoms with Gasteiger partial charge in [-0.1, -0.05) is 42.0 Å². The molecule has 0 spiro atoms. The maximum absolute atomic E-state index is 14.3. The lowest BCUT2D eigenvalue weighted by Gasteiger charge is -2.42. The van der Waals surface area contributed by atoms with Gasteiger partial charge in [-0.15, -0.1) is 0 Å². The summed E-state index contributed by atoms with van der Waals surface area (Å²) in [6, 6.07) is 18.2. The number of hydrogen-bond donors (Lipinski definition) is 1. The molecule has 0 radical (unpaired) electrons. The molecule has 1 aliphatic heterocycles. The van der Waals surface area contributed by atoms with E-state index in [0.717, 1.165) is 0 Å². The first-order valence-electron chi connectivity index (χ1n) is 15.4. The van der Waals surface area contributed by atoms with E-state index in [4.69, 9.17) is 9.47 Å². The van der Waals surface area contributed by atoms with Crippen molar-refractivity contribution in [2.45, 2.75) is 25.7 Å². The second-order valence-corrected chi connectivity index (χ2v) is 12.2. The van der Waals surface area contributed by atoms with E-state index in [0.29, 0.717) is 33.7 Å². The number of rotatable bonds is 6. The highest BCUT2D eigenvalue weighted by atomic mass is 16.5. The summed E-state index contributed by atoms with van der Waals surface area (Å²) in [5.74, 6) is -4.13. The number of Topliss-reactive ketones (excluding diaryl/α,β-unsaturated/α-hetero) is 1. The second kappa shape index (κ2) is 11.3. The number of imide groups is 1. The average Bonchev–Trinajstić information content (AvgIpc) is 3.35. The molecule has 0 aromatic heterocycles. The Morgan fingerprint density at radius 2 is 1.57 bits per heavy atom. The third kappa shape index (κ3) is 4.64. The lowest BCUT2D eigenvalue weighted by atomic mass is 9.59. The van der Waals surface area contributed by atoms with Crippen molar-refractivity contribution < 1.29 is 38.6 Å². The molecule has 3 aliphatic carbocycles. The van der Waals surface area contributed by atoms with Crippen LogP contribution in [0.4, 0.5) is 5.69 Å². The Kier molecular flexibility index (Phi) is 7.27. The van der Waals surface area contributed by atoms with Crippen molar-refractivity contribution in [3.8, 4) is 17.2 Å². The molecule has 4 aliphatic rings. The zero-order valence-electron chi connectivity index (χ0n) is 26.0. The fraction of sp³-hybridized carbons (Fsp3) is 0.237. The van der Waals surface area contributed by atoms with Crippen LogP contribution in [0.1, 0.15) is 47.2 Å². The van der Waals surface area contributed by atoms with Crippen LogP contribution in [0.3, 0.4) is 0 Å². The summed E-state index contributed by atoms with van der Waals surface area (Å²) in [6.07, 6.45) is 3.53. The van der Waals surface area contributed by atoms with Crippen molar-refractivity contribution in [3.05, 3.63) is 118 Å². The summed E-state index contributed by atoms with van der Waals surface area (Å²) < 4.78 is 11.0. The lowest BCUT2D eigenvalue weighted by Crippen LogP contribution is -2.40. The number of fused-ring (bicyclic) bond motifs is 3. The van der Waals surface area contributed by atoms with Crippen molar-refractivity contribution in [3.63, 3.8) is 0 Å². The highest BCUT2D eigenvalue weighted by Crippen LogP contribution is 2.58. The van der Waals surface area contributed by atoms with Crippen LogP contribution in [-0.2, 0) is 19.2 Å². The number of phenols is 1. The molecule has 4 atom stereocenters. The van der Waals surface area contributed by atoms with Crippen molar-refractivity contribution >= 4 is 34.9 Å². The van der Waals surface area contributed by atoms with E-state index in [1.165, 1.54) is 31.3 Å². The van der Waals surface area contributed by atoms with E-state index in [9.17, 15) is 29.1 Å². The van der Waals surface area contributed by atoms with Gasteiger partial charge in [0.1, 0.15) is 17.2 Å². The van der Waals surface area contributed by atoms with Gasteiger partial charge in [-0.2, -0.15) is 0 Å². The van der Waals surface area contributed by atoms with Gasteiger partial charge in [-0.05, 0) is 56.0 Å². The van der Waals surface area contributed by atoms with Crippen LogP contribution in [0.15, 0.2) is 101 Å². The first-order chi connectivity index (χ1) is 22.6. The number of methoxy groups -OCH3 is 2. The number of hydrogen-bond acceptors (Lipinski definition) is 8. The fourth-order valence-corrected chi connectivity index (χ4v) is 7.65. The van der Waals surface area contributed by atoms with Gasteiger partial charge in [-0.3, -0.25) is 28.9 Å². The van der Waals surface area contributed by atoms with Gasteiger partial charge >= 0.3 is 0 Å². The standard InChI is InChI=1S/C38H31NO8/c1-19-15-28(40)32-27(35(19)42)18-26-24(33(32)34-29(41)16-23(46-2)17-30(34)47-3)13-14-25-31(26)38(45)39(37(25)44)22-11-9-21(10-12-22)36(43)20-7-5-4-6-8-20/h4-13,15-17,25-26,31,33,41H,14,18H2,1-3H3. The molecule has 1 heterocycles. The monoisotopic (exact) mass is 629 g/mol. The van der Waals surface area contributed by atoms with Gasteiger partial charge < -0.3 is 14.6 Å². The number of ketones is 3. The zero-order chi connectivity index (χ0) is 33.1. The minimum absolute atomic E-state index is 0.102. The van der Waals surface area contributed by atoms with Crippen LogP contribution in [0.2, 0.25) is 0 Å². The summed E-state index contributed by atoms with van der Waals surface area (Å²) in [5, 5.41) is 11.3. The maximum Gasteiger partial charge on any atom is 0.238 e. The Morgan fingerprint density at radius 1 is 0.872 bits per heavy atom. The van der Waals surface area contributed by atoms with Crippen LogP contribution in [0.5, 0.6) is 17.2 Å². The Bertz CT molecular complexity index is 1990. The first kappa shape index (κ1) is 30.1. The first-order valence-corrected chi connectivity index (χ1v) is 15.4. The second-order valence-electron chi connectivity index (χ2n) is 12.2. The largest absolute Gasteiger partial charge is 0.507 e. The van der Waals surface area contributed by atoms with E-state index >= 15 is 0 Å². The SMILES string of the molecule is COc1cc(O)c(C2C3=CCC4C(=O)N(c5ccc(C(=O)c6ccccc6)cc5)C(=O)C4C3CC3=C2C(=O)C=C(C)C3=O)c(OC)c1.